The smallest absolute Gasteiger partial charge is 0.0509 e. The Morgan fingerprint density at radius 1 is 1.15 bits per heavy atom. The lowest BCUT2D eigenvalue weighted by molar-refractivity contribution is 0.687. The van der Waals surface area contributed by atoms with Gasteiger partial charge in [-0.1, -0.05) is 18.2 Å². The van der Waals surface area contributed by atoms with Gasteiger partial charge in [0.1, 0.15) is 0 Å². The van der Waals surface area contributed by atoms with Gasteiger partial charge < -0.3 is 5.32 Å². The normalized spacial score (nSPS) is 14.4. The molecule has 0 radical (unpaired) electrons. The number of nitrogens with zero attached hydrogens (tertiary/aromatic N) is 1. The van der Waals surface area contributed by atoms with Crippen LogP contribution in [-0.2, 0) is 12.3 Å². The van der Waals surface area contributed by atoms with Gasteiger partial charge >= 0.3 is 0 Å². The molecule has 1 aliphatic carbocycles. The monoisotopic (exact) mass is 284 g/mol. The third-order valence-electron chi connectivity index (χ3n) is 3.43. The van der Waals surface area contributed by atoms with Gasteiger partial charge in [-0.15, -0.1) is 11.8 Å². The van der Waals surface area contributed by atoms with E-state index in [1.807, 2.05) is 24.8 Å². The van der Waals surface area contributed by atoms with E-state index in [2.05, 4.69) is 46.7 Å². The predicted octanol–water partition coefficient (Wildman–Crippen LogP) is 3.93. The summed E-state index contributed by atoms with van der Waals surface area (Å²) >= 11 is 1.84. The van der Waals surface area contributed by atoms with Crippen molar-refractivity contribution in [1.29, 1.82) is 0 Å². The summed E-state index contributed by atoms with van der Waals surface area (Å²) in [6, 6.07) is 15.9. The van der Waals surface area contributed by atoms with E-state index in [0.717, 1.165) is 29.7 Å². The molecule has 3 heteroatoms. The highest BCUT2D eigenvalue weighted by Crippen LogP contribution is 2.23. The Labute approximate surface area is 125 Å². The lowest BCUT2D eigenvalue weighted by Gasteiger charge is -2.05. The molecule has 0 unspecified atom stereocenters. The minimum atomic E-state index is 0.774. The third-order valence-corrected chi connectivity index (χ3v) is 4.47. The van der Waals surface area contributed by atoms with E-state index in [9.17, 15) is 0 Å². The summed E-state index contributed by atoms with van der Waals surface area (Å²) in [5.41, 5.74) is 3.61. The Balaban J connectivity index is 1.52. The third kappa shape index (κ3) is 4.09. The second kappa shape index (κ2) is 6.42. The first-order valence-electron chi connectivity index (χ1n) is 7.17. The van der Waals surface area contributed by atoms with Gasteiger partial charge in [-0.25, -0.2) is 0 Å². The molecule has 104 valence electrons. The van der Waals surface area contributed by atoms with E-state index in [1.54, 1.807) is 0 Å². The molecule has 1 fully saturated rings. The van der Waals surface area contributed by atoms with Gasteiger partial charge in [0, 0.05) is 28.9 Å². The van der Waals surface area contributed by atoms with Crippen molar-refractivity contribution in [2.24, 2.45) is 0 Å². The molecule has 0 bridgehead atoms. The zero-order valence-corrected chi connectivity index (χ0v) is 12.6. The highest BCUT2D eigenvalue weighted by atomic mass is 32.2. The van der Waals surface area contributed by atoms with Crippen LogP contribution in [0.15, 0.2) is 47.4 Å². The molecule has 3 rings (SSSR count). The van der Waals surface area contributed by atoms with Crippen LogP contribution in [0.5, 0.6) is 0 Å². The number of pyridine rings is 1. The van der Waals surface area contributed by atoms with Crippen LogP contribution in [0.3, 0.4) is 0 Å². The highest BCUT2D eigenvalue weighted by Gasteiger charge is 2.19. The summed E-state index contributed by atoms with van der Waals surface area (Å²) in [7, 11) is 0. The van der Waals surface area contributed by atoms with Crippen LogP contribution in [0.2, 0.25) is 0 Å². The molecule has 0 saturated heterocycles. The topological polar surface area (TPSA) is 24.9 Å². The standard InChI is InChI=1S/C17H20N2S/c1-13-3-2-4-16(19-13)12-20-17-9-5-14(6-10-17)11-18-15-7-8-15/h2-6,9-10,15,18H,7-8,11-12H2,1H3. The Morgan fingerprint density at radius 3 is 2.65 bits per heavy atom. The van der Waals surface area contributed by atoms with Crippen LogP contribution >= 0.6 is 11.8 Å². The summed E-state index contributed by atoms with van der Waals surface area (Å²) in [5, 5.41) is 3.54. The average molecular weight is 284 g/mol. The second-order valence-corrected chi connectivity index (χ2v) is 6.41. The maximum Gasteiger partial charge on any atom is 0.0509 e. The van der Waals surface area contributed by atoms with Crippen molar-refractivity contribution in [3.63, 3.8) is 0 Å². The maximum absolute atomic E-state index is 4.53. The molecule has 2 nitrogen and oxygen atoms in total. The van der Waals surface area contributed by atoms with Gasteiger partial charge in [-0.3, -0.25) is 4.98 Å². The van der Waals surface area contributed by atoms with Crippen molar-refractivity contribution < 1.29 is 0 Å². The van der Waals surface area contributed by atoms with Crippen molar-refractivity contribution in [3.05, 3.63) is 59.4 Å². The molecule has 2 aromatic rings. The van der Waals surface area contributed by atoms with Crippen LogP contribution in [0.25, 0.3) is 0 Å². The number of hydrogen-bond acceptors (Lipinski definition) is 3. The molecule has 0 atom stereocenters. The van der Waals surface area contributed by atoms with Crippen molar-refractivity contribution in [3.8, 4) is 0 Å². The predicted molar refractivity (Wildman–Crippen MR) is 84.8 cm³/mol. The number of nitrogens with one attached hydrogen (secondary N) is 1. The van der Waals surface area contributed by atoms with Gasteiger partial charge in [0.2, 0.25) is 0 Å². The van der Waals surface area contributed by atoms with Crippen LogP contribution < -0.4 is 5.32 Å². The van der Waals surface area contributed by atoms with Crippen molar-refractivity contribution in [2.45, 2.75) is 43.0 Å². The second-order valence-electron chi connectivity index (χ2n) is 5.36. The minimum Gasteiger partial charge on any atom is -0.310 e. The fourth-order valence-corrected chi connectivity index (χ4v) is 2.89. The van der Waals surface area contributed by atoms with E-state index in [4.69, 9.17) is 0 Å². The molecule has 1 aromatic carbocycles. The first-order valence-corrected chi connectivity index (χ1v) is 8.16. The van der Waals surface area contributed by atoms with E-state index >= 15 is 0 Å². The summed E-state index contributed by atoms with van der Waals surface area (Å²) in [6.45, 7) is 3.03. The Bertz CT molecular complexity index is 561. The molecule has 1 aliphatic rings. The maximum atomic E-state index is 4.53. The summed E-state index contributed by atoms with van der Waals surface area (Å²) < 4.78 is 0. The lowest BCUT2D eigenvalue weighted by atomic mass is 10.2. The van der Waals surface area contributed by atoms with Gasteiger partial charge in [0.15, 0.2) is 0 Å². The minimum absolute atomic E-state index is 0.774. The van der Waals surface area contributed by atoms with Crippen molar-refractivity contribution in [1.82, 2.24) is 10.3 Å². The fourth-order valence-electron chi connectivity index (χ4n) is 2.09. The molecular formula is C17H20N2S. The molecule has 1 saturated carbocycles. The largest absolute Gasteiger partial charge is 0.310 e. The van der Waals surface area contributed by atoms with Crippen LogP contribution in [0, 0.1) is 6.92 Å². The van der Waals surface area contributed by atoms with Crippen LogP contribution in [0.1, 0.15) is 29.8 Å². The van der Waals surface area contributed by atoms with Gasteiger partial charge in [0.05, 0.1) is 5.69 Å². The van der Waals surface area contributed by atoms with E-state index < -0.39 is 0 Å². The summed E-state index contributed by atoms with van der Waals surface area (Å²) in [6.07, 6.45) is 2.69. The van der Waals surface area contributed by atoms with Gasteiger partial charge in [-0.2, -0.15) is 0 Å². The Morgan fingerprint density at radius 2 is 1.95 bits per heavy atom. The summed E-state index contributed by atoms with van der Waals surface area (Å²) in [5.74, 6) is 0.932. The van der Waals surface area contributed by atoms with E-state index in [0.29, 0.717) is 0 Å². The lowest BCUT2D eigenvalue weighted by Crippen LogP contribution is -2.14. The fraction of sp³-hybridized carbons (Fsp3) is 0.353. The van der Waals surface area contributed by atoms with E-state index in [1.165, 1.54) is 23.3 Å². The summed E-state index contributed by atoms with van der Waals surface area (Å²) in [4.78, 5) is 5.84. The molecule has 1 heterocycles. The van der Waals surface area contributed by atoms with Crippen LogP contribution in [-0.4, -0.2) is 11.0 Å². The Kier molecular flexibility index (Phi) is 4.38. The zero-order valence-electron chi connectivity index (χ0n) is 11.8. The first-order chi connectivity index (χ1) is 9.79. The molecule has 0 aliphatic heterocycles. The number of hydrogen-bond donors (Lipinski definition) is 1. The van der Waals surface area contributed by atoms with Gasteiger partial charge in [0.25, 0.3) is 0 Å². The number of aryl methyl sites for hydroxylation is 1. The SMILES string of the molecule is Cc1cccc(CSc2ccc(CNC3CC3)cc2)n1. The number of benzene rings is 1. The van der Waals surface area contributed by atoms with Crippen molar-refractivity contribution >= 4 is 11.8 Å². The van der Waals surface area contributed by atoms with Crippen LogP contribution in [0.4, 0.5) is 0 Å². The molecule has 1 N–H and O–H groups in total. The van der Waals surface area contributed by atoms with E-state index in [-0.39, 0.29) is 0 Å². The number of thioether (sulfide) groups is 1. The van der Waals surface area contributed by atoms with Crippen molar-refractivity contribution in [2.75, 3.05) is 0 Å². The first kappa shape index (κ1) is 13.7. The average Bonchev–Trinajstić information content (AvgIpc) is 3.28. The molecule has 0 spiro atoms. The van der Waals surface area contributed by atoms with Gasteiger partial charge in [-0.05, 0) is 49.6 Å². The molecule has 20 heavy (non-hydrogen) atoms. The number of aromatic nitrogens is 1. The molecule has 1 aromatic heterocycles. The highest BCUT2D eigenvalue weighted by molar-refractivity contribution is 7.98. The zero-order chi connectivity index (χ0) is 13.8. The Hall–Kier alpha value is -1.32. The quantitative estimate of drug-likeness (QED) is 0.813. The number of rotatable bonds is 6. The molecule has 0 amide bonds. The molecular weight excluding hydrogens is 264 g/mol.